The molecule has 0 aliphatic carbocycles. The van der Waals surface area contributed by atoms with Crippen LogP contribution in [0.4, 0.5) is 0 Å². The van der Waals surface area contributed by atoms with Crippen molar-refractivity contribution < 1.29 is 17.0 Å². The van der Waals surface area contributed by atoms with Crippen LogP contribution in [0.15, 0.2) is 48.7 Å². The van der Waals surface area contributed by atoms with Crippen LogP contribution in [0, 0.1) is 13.8 Å². The Balaban J connectivity index is 0.00000128. The van der Waals surface area contributed by atoms with E-state index in [9.17, 15) is 0 Å². The Kier molecular flexibility index (Phi) is 4.51. The molecule has 84 valence electrons. The maximum absolute atomic E-state index is 2.27. The zero-order chi connectivity index (χ0) is 10.7. The summed E-state index contributed by atoms with van der Waals surface area (Å²) in [5, 5.41) is 0. The Labute approximate surface area is 103 Å². The molecule has 0 radical (unpaired) electrons. The summed E-state index contributed by atoms with van der Waals surface area (Å²) in [6.07, 6.45) is 2.15. The molecule has 0 N–H and O–H groups in total. The SMILES string of the molecule is Cc1cc[n+](Cc2ccccc2)c(C)c1.[Cl-]. The third kappa shape index (κ3) is 3.07. The van der Waals surface area contributed by atoms with E-state index >= 15 is 0 Å². The second-order valence-electron chi connectivity index (χ2n) is 3.96. The fraction of sp³-hybridized carbons (Fsp3) is 0.214. The number of aryl methyl sites for hydroxylation is 2. The largest absolute Gasteiger partial charge is 1.00 e. The van der Waals surface area contributed by atoms with Crippen LogP contribution in [0.1, 0.15) is 16.8 Å². The molecule has 0 saturated carbocycles. The molecule has 1 aromatic heterocycles. The van der Waals surface area contributed by atoms with Gasteiger partial charge in [-0.15, -0.1) is 0 Å². The number of rotatable bonds is 2. The van der Waals surface area contributed by atoms with Gasteiger partial charge in [0.15, 0.2) is 18.4 Å². The van der Waals surface area contributed by atoms with Gasteiger partial charge in [-0.05, 0) is 12.5 Å². The van der Waals surface area contributed by atoms with Gasteiger partial charge in [0.2, 0.25) is 0 Å². The smallest absolute Gasteiger partial charge is 0.178 e. The van der Waals surface area contributed by atoms with E-state index in [0.29, 0.717) is 0 Å². The highest BCUT2D eigenvalue weighted by Crippen LogP contribution is 2.01. The van der Waals surface area contributed by atoms with Crippen molar-refractivity contribution in [2.75, 3.05) is 0 Å². The molecule has 2 aromatic rings. The van der Waals surface area contributed by atoms with Gasteiger partial charge in [0, 0.05) is 24.6 Å². The van der Waals surface area contributed by atoms with Crippen molar-refractivity contribution in [1.82, 2.24) is 0 Å². The molecule has 1 nitrogen and oxygen atoms in total. The molecule has 0 aliphatic heterocycles. The lowest BCUT2D eigenvalue weighted by Gasteiger charge is -2.01. The number of hydrogen-bond acceptors (Lipinski definition) is 0. The van der Waals surface area contributed by atoms with E-state index in [2.05, 4.69) is 67.1 Å². The Morgan fingerprint density at radius 2 is 1.69 bits per heavy atom. The van der Waals surface area contributed by atoms with Crippen molar-refractivity contribution in [3.05, 3.63) is 65.5 Å². The van der Waals surface area contributed by atoms with Crippen molar-refractivity contribution in [3.8, 4) is 0 Å². The number of pyridine rings is 1. The Morgan fingerprint density at radius 3 is 2.31 bits per heavy atom. The molecule has 1 aromatic carbocycles. The normalized spacial score (nSPS) is 9.62. The van der Waals surface area contributed by atoms with Crippen LogP contribution in [0.3, 0.4) is 0 Å². The van der Waals surface area contributed by atoms with Crippen LogP contribution in [0.25, 0.3) is 0 Å². The second kappa shape index (κ2) is 5.66. The number of nitrogens with zero attached hydrogens (tertiary/aromatic N) is 1. The monoisotopic (exact) mass is 233 g/mol. The standard InChI is InChI=1S/C14H16N.ClH/c1-12-8-9-15(13(2)10-12)11-14-6-4-3-5-7-14;/h3-10H,11H2,1-2H3;1H/q+1;/p-1. The maximum Gasteiger partial charge on any atom is 0.178 e. The van der Waals surface area contributed by atoms with E-state index in [0.717, 1.165) is 6.54 Å². The van der Waals surface area contributed by atoms with Crippen LogP contribution in [-0.2, 0) is 6.54 Å². The molecule has 0 amide bonds. The van der Waals surface area contributed by atoms with Gasteiger partial charge in [0.25, 0.3) is 0 Å². The van der Waals surface area contributed by atoms with E-state index in [1.165, 1.54) is 16.8 Å². The van der Waals surface area contributed by atoms with Gasteiger partial charge in [-0.3, -0.25) is 0 Å². The van der Waals surface area contributed by atoms with Crippen LogP contribution in [0.5, 0.6) is 0 Å². The van der Waals surface area contributed by atoms with Gasteiger partial charge in [-0.2, -0.15) is 4.57 Å². The summed E-state index contributed by atoms with van der Waals surface area (Å²) in [4.78, 5) is 0. The molecule has 0 spiro atoms. The fourth-order valence-corrected chi connectivity index (χ4v) is 1.74. The van der Waals surface area contributed by atoms with Crippen molar-refractivity contribution in [3.63, 3.8) is 0 Å². The first-order valence-electron chi connectivity index (χ1n) is 5.26. The molecular weight excluding hydrogens is 218 g/mol. The first-order chi connectivity index (χ1) is 7.25. The van der Waals surface area contributed by atoms with Crippen molar-refractivity contribution in [2.24, 2.45) is 0 Å². The van der Waals surface area contributed by atoms with Crippen LogP contribution in [-0.4, -0.2) is 0 Å². The minimum Gasteiger partial charge on any atom is -1.00 e. The molecular formula is C14H16ClN. The van der Waals surface area contributed by atoms with Gasteiger partial charge < -0.3 is 12.4 Å². The summed E-state index contributed by atoms with van der Waals surface area (Å²) in [5.74, 6) is 0. The molecule has 2 rings (SSSR count). The van der Waals surface area contributed by atoms with Crippen molar-refractivity contribution in [1.29, 1.82) is 0 Å². The predicted octanol–water partition coefficient (Wildman–Crippen LogP) is -0.357. The lowest BCUT2D eigenvalue weighted by Crippen LogP contribution is -3.00. The van der Waals surface area contributed by atoms with E-state index in [1.807, 2.05) is 0 Å². The minimum absolute atomic E-state index is 0. The van der Waals surface area contributed by atoms with Crippen LogP contribution in [0.2, 0.25) is 0 Å². The highest BCUT2D eigenvalue weighted by atomic mass is 35.5. The molecule has 0 bridgehead atoms. The van der Waals surface area contributed by atoms with Gasteiger partial charge >= 0.3 is 0 Å². The molecule has 0 aliphatic rings. The molecule has 0 unspecified atom stereocenters. The quantitative estimate of drug-likeness (QED) is 0.624. The summed E-state index contributed by atoms with van der Waals surface area (Å²) in [6, 6.07) is 14.9. The number of hydrogen-bond donors (Lipinski definition) is 0. The molecule has 1 heterocycles. The average molecular weight is 234 g/mol. The van der Waals surface area contributed by atoms with Gasteiger partial charge in [0.05, 0.1) is 0 Å². The maximum atomic E-state index is 2.27. The highest BCUT2D eigenvalue weighted by Gasteiger charge is 2.06. The Morgan fingerprint density at radius 1 is 1.00 bits per heavy atom. The van der Waals surface area contributed by atoms with E-state index in [1.54, 1.807) is 0 Å². The predicted molar refractivity (Wildman–Crippen MR) is 61.7 cm³/mol. The van der Waals surface area contributed by atoms with Crippen LogP contribution >= 0.6 is 0 Å². The lowest BCUT2D eigenvalue weighted by atomic mass is 10.2. The third-order valence-electron chi connectivity index (χ3n) is 2.60. The molecule has 2 heteroatoms. The summed E-state index contributed by atoms with van der Waals surface area (Å²) >= 11 is 0. The third-order valence-corrected chi connectivity index (χ3v) is 2.60. The number of halogens is 1. The lowest BCUT2D eigenvalue weighted by molar-refractivity contribution is -0.694. The first kappa shape index (κ1) is 12.7. The van der Waals surface area contributed by atoms with E-state index in [-0.39, 0.29) is 12.4 Å². The Bertz CT molecular complexity index is 452. The van der Waals surface area contributed by atoms with Gasteiger partial charge in [0.1, 0.15) is 0 Å². The summed E-state index contributed by atoms with van der Waals surface area (Å²) in [6.45, 7) is 5.22. The van der Waals surface area contributed by atoms with Crippen LogP contribution < -0.4 is 17.0 Å². The molecule has 0 atom stereocenters. The average Bonchev–Trinajstić information content (AvgIpc) is 2.24. The van der Waals surface area contributed by atoms with Gasteiger partial charge in [-0.25, -0.2) is 0 Å². The highest BCUT2D eigenvalue weighted by molar-refractivity contribution is 5.14. The van der Waals surface area contributed by atoms with Crippen molar-refractivity contribution in [2.45, 2.75) is 20.4 Å². The molecule has 0 saturated heterocycles. The summed E-state index contributed by atoms with van der Waals surface area (Å²) in [5.41, 5.74) is 3.96. The van der Waals surface area contributed by atoms with E-state index < -0.39 is 0 Å². The first-order valence-corrected chi connectivity index (χ1v) is 5.26. The second-order valence-corrected chi connectivity index (χ2v) is 3.96. The topological polar surface area (TPSA) is 3.88 Å². The zero-order valence-electron chi connectivity index (χ0n) is 9.65. The van der Waals surface area contributed by atoms with Crippen molar-refractivity contribution >= 4 is 0 Å². The zero-order valence-corrected chi connectivity index (χ0v) is 10.4. The van der Waals surface area contributed by atoms with E-state index in [4.69, 9.17) is 0 Å². The summed E-state index contributed by atoms with van der Waals surface area (Å²) < 4.78 is 2.27. The Hall–Kier alpha value is -1.34. The molecule has 0 fully saturated rings. The number of benzene rings is 1. The summed E-state index contributed by atoms with van der Waals surface area (Å²) in [7, 11) is 0. The minimum atomic E-state index is 0. The number of aromatic nitrogens is 1. The fourth-order valence-electron chi connectivity index (χ4n) is 1.74. The molecule has 16 heavy (non-hydrogen) atoms. The van der Waals surface area contributed by atoms with Gasteiger partial charge in [-0.1, -0.05) is 30.3 Å².